The molecule has 1 atom stereocenters. The third-order valence-electron chi connectivity index (χ3n) is 3.58. The predicted octanol–water partition coefficient (Wildman–Crippen LogP) is 5.09. The minimum Gasteiger partial charge on any atom is -0.466 e. The first-order valence-corrected chi connectivity index (χ1v) is 7.57. The number of hydrogen-bond donors (Lipinski definition) is 1. The minimum atomic E-state index is -0.280. The predicted molar refractivity (Wildman–Crippen MR) is 84.5 cm³/mol. The first-order valence-electron chi connectivity index (χ1n) is 7.19. The fourth-order valence-electron chi connectivity index (χ4n) is 2.51. The molecule has 0 aliphatic heterocycles. The molecule has 1 heterocycles. The van der Waals surface area contributed by atoms with Crippen LogP contribution in [0.5, 0.6) is 0 Å². The summed E-state index contributed by atoms with van der Waals surface area (Å²) in [6.07, 6.45) is 1.00. The second-order valence-corrected chi connectivity index (χ2v) is 5.79. The molecule has 0 aliphatic rings. The molecule has 0 fully saturated rings. The van der Waals surface area contributed by atoms with Gasteiger partial charge in [0.05, 0.1) is 6.04 Å². The van der Waals surface area contributed by atoms with Crippen LogP contribution < -0.4 is 5.32 Å². The van der Waals surface area contributed by atoms with Gasteiger partial charge in [-0.1, -0.05) is 18.5 Å². The Morgan fingerprint density at radius 3 is 2.48 bits per heavy atom. The maximum atomic E-state index is 13.6. The number of rotatable bonds is 5. The summed E-state index contributed by atoms with van der Waals surface area (Å²) in [5.74, 6) is 1.44. The molecule has 1 aromatic carbocycles. The Morgan fingerprint density at radius 2 is 1.90 bits per heavy atom. The van der Waals surface area contributed by atoms with Gasteiger partial charge in [0.25, 0.3) is 0 Å². The van der Waals surface area contributed by atoms with Crippen LogP contribution in [0.15, 0.2) is 22.6 Å². The van der Waals surface area contributed by atoms with E-state index in [4.69, 9.17) is 16.0 Å². The topological polar surface area (TPSA) is 25.2 Å². The van der Waals surface area contributed by atoms with Crippen LogP contribution in [-0.4, -0.2) is 6.54 Å². The van der Waals surface area contributed by atoms with E-state index in [1.54, 1.807) is 6.92 Å². The van der Waals surface area contributed by atoms with Gasteiger partial charge in [0, 0.05) is 10.6 Å². The molecule has 0 radical (unpaired) electrons. The molecule has 4 heteroatoms. The Morgan fingerprint density at radius 1 is 1.19 bits per heavy atom. The summed E-state index contributed by atoms with van der Waals surface area (Å²) in [6, 6.07) is 5.12. The number of aryl methyl sites for hydroxylation is 3. The molecular formula is C17H21ClFNO. The lowest BCUT2D eigenvalue weighted by Crippen LogP contribution is -2.24. The van der Waals surface area contributed by atoms with Gasteiger partial charge in [-0.3, -0.25) is 0 Å². The highest BCUT2D eigenvalue weighted by Crippen LogP contribution is 2.33. The number of benzene rings is 1. The van der Waals surface area contributed by atoms with E-state index in [-0.39, 0.29) is 11.9 Å². The van der Waals surface area contributed by atoms with Gasteiger partial charge < -0.3 is 9.73 Å². The standard InChI is InChI=1S/C17H21ClFNO/c1-5-6-20-17(13-8-11(3)21-12(13)4)14-7-10(2)16(19)9-15(14)18/h7-9,17,20H,5-6H2,1-4H3. The third-order valence-corrected chi connectivity index (χ3v) is 3.91. The molecule has 2 nitrogen and oxygen atoms in total. The van der Waals surface area contributed by atoms with E-state index in [1.807, 2.05) is 26.0 Å². The molecule has 114 valence electrons. The van der Waals surface area contributed by atoms with E-state index in [0.717, 1.165) is 35.6 Å². The van der Waals surface area contributed by atoms with Crippen LogP contribution in [0, 0.1) is 26.6 Å². The highest BCUT2D eigenvalue weighted by atomic mass is 35.5. The maximum absolute atomic E-state index is 13.6. The summed E-state index contributed by atoms with van der Waals surface area (Å²) in [5, 5.41) is 3.91. The average Bonchev–Trinajstić information content (AvgIpc) is 2.75. The number of nitrogens with one attached hydrogen (secondary N) is 1. The van der Waals surface area contributed by atoms with Crippen molar-refractivity contribution >= 4 is 11.6 Å². The number of furan rings is 1. The summed E-state index contributed by atoms with van der Waals surface area (Å²) >= 11 is 6.27. The van der Waals surface area contributed by atoms with Crippen molar-refractivity contribution in [3.63, 3.8) is 0 Å². The number of halogens is 2. The Bertz CT molecular complexity index is 636. The van der Waals surface area contributed by atoms with Crippen molar-refractivity contribution in [2.45, 2.75) is 40.2 Å². The van der Waals surface area contributed by atoms with E-state index >= 15 is 0 Å². The maximum Gasteiger partial charge on any atom is 0.127 e. The molecule has 1 unspecified atom stereocenters. The fourth-order valence-corrected chi connectivity index (χ4v) is 2.77. The zero-order chi connectivity index (χ0) is 15.6. The van der Waals surface area contributed by atoms with E-state index < -0.39 is 0 Å². The van der Waals surface area contributed by atoms with Crippen LogP contribution in [0.25, 0.3) is 0 Å². The summed E-state index contributed by atoms with van der Waals surface area (Å²) in [6.45, 7) is 8.56. The van der Waals surface area contributed by atoms with Gasteiger partial charge in [-0.05, 0) is 63.1 Å². The van der Waals surface area contributed by atoms with Gasteiger partial charge >= 0.3 is 0 Å². The highest BCUT2D eigenvalue weighted by molar-refractivity contribution is 6.31. The van der Waals surface area contributed by atoms with E-state index in [1.165, 1.54) is 6.07 Å². The molecule has 0 saturated heterocycles. The molecule has 0 amide bonds. The molecule has 0 aliphatic carbocycles. The molecule has 21 heavy (non-hydrogen) atoms. The Balaban J connectivity index is 2.50. The molecule has 0 saturated carbocycles. The van der Waals surface area contributed by atoms with Crippen molar-refractivity contribution in [3.05, 3.63) is 57.2 Å². The smallest absolute Gasteiger partial charge is 0.127 e. The van der Waals surface area contributed by atoms with Crippen LogP contribution in [0.1, 0.15) is 47.6 Å². The van der Waals surface area contributed by atoms with E-state index in [9.17, 15) is 4.39 Å². The van der Waals surface area contributed by atoms with Crippen LogP contribution >= 0.6 is 11.6 Å². The Hall–Kier alpha value is -1.32. The van der Waals surface area contributed by atoms with E-state index in [2.05, 4.69) is 12.2 Å². The molecular weight excluding hydrogens is 289 g/mol. The second kappa shape index (κ2) is 6.63. The van der Waals surface area contributed by atoms with Crippen LogP contribution in [0.4, 0.5) is 4.39 Å². The monoisotopic (exact) mass is 309 g/mol. The summed E-state index contributed by atoms with van der Waals surface area (Å²) in [5.41, 5.74) is 2.53. The van der Waals surface area contributed by atoms with Gasteiger partial charge in [0.1, 0.15) is 17.3 Å². The molecule has 0 spiro atoms. The van der Waals surface area contributed by atoms with Crippen LogP contribution in [-0.2, 0) is 0 Å². The van der Waals surface area contributed by atoms with Gasteiger partial charge in [0.2, 0.25) is 0 Å². The largest absolute Gasteiger partial charge is 0.466 e. The van der Waals surface area contributed by atoms with Crippen LogP contribution in [0.3, 0.4) is 0 Å². The SMILES string of the molecule is CCCNC(c1cc(C)c(F)cc1Cl)c1cc(C)oc1C. The normalized spacial score (nSPS) is 12.7. The molecule has 1 N–H and O–H groups in total. The highest BCUT2D eigenvalue weighted by Gasteiger charge is 2.22. The molecule has 2 aromatic rings. The van der Waals surface area contributed by atoms with Gasteiger partial charge in [-0.15, -0.1) is 0 Å². The lowest BCUT2D eigenvalue weighted by Gasteiger charge is -2.20. The third kappa shape index (κ3) is 3.47. The summed E-state index contributed by atoms with van der Waals surface area (Å²) in [4.78, 5) is 0. The number of hydrogen-bond acceptors (Lipinski definition) is 2. The molecule has 2 rings (SSSR count). The van der Waals surface area contributed by atoms with Crippen molar-refractivity contribution in [1.82, 2.24) is 5.32 Å². The second-order valence-electron chi connectivity index (χ2n) is 5.38. The zero-order valence-electron chi connectivity index (χ0n) is 12.9. The zero-order valence-corrected chi connectivity index (χ0v) is 13.6. The fraction of sp³-hybridized carbons (Fsp3) is 0.412. The average molecular weight is 310 g/mol. The lowest BCUT2D eigenvalue weighted by atomic mass is 9.97. The summed E-state index contributed by atoms with van der Waals surface area (Å²) in [7, 11) is 0. The first-order chi connectivity index (χ1) is 9.93. The van der Waals surface area contributed by atoms with Gasteiger partial charge in [-0.2, -0.15) is 0 Å². The van der Waals surface area contributed by atoms with Gasteiger partial charge in [-0.25, -0.2) is 4.39 Å². The lowest BCUT2D eigenvalue weighted by molar-refractivity contribution is 0.493. The molecule has 1 aromatic heterocycles. The van der Waals surface area contributed by atoms with Crippen molar-refractivity contribution in [1.29, 1.82) is 0 Å². The van der Waals surface area contributed by atoms with Crippen molar-refractivity contribution in [2.24, 2.45) is 0 Å². The quantitative estimate of drug-likeness (QED) is 0.832. The van der Waals surface area contributed by atoms with Crippen molar-refractivity contribution in [3.8, 4) is 0 Å². The minimum absolute atomic E-state index is 0.0887. The van der Waals surface area contributed by atoms with Crippen molar-refractivity contribution in [2.75, 3.05) is 6.54 Å². The first kappa shape index (κ1) is 16.1. The Kier molecular flexibility index (Phi) is 5.07. The van der Waals surface area contributed by atoms with Crippen LogP contribution in [0.2, 0.25) is 5.02 Å². The van der Waals surface area contributed by atoms with Crippen molar-refractivity contribution < 1.29 is 8.81 Å². The molecule has 0 bridgehead atoms. The Labute approximate surface area is 130 Å². The van der Waals surface area contributed by atoms with Gasteiger partial charge in [0.15, 0.2) is 0 Å². The van der Waals surface area contributed by atoms with E-state index in [0.29, 0.717) is 10.6 Å². The summed E-state index contributed by atoms with van der Waals surface area (Å²) < 4.78 is 19.3.